The Bertz CT molecular complexity index is 612. The highest BCUT2D eigenvalue weighted by Crippen LogP contribution is 2.47. The molecule has 0 heterocycles. The Morgan fingerprint density at radius 2 is 1.85 bits per heavy atom. The number of hydrogen-bond donors (Lipinski definition) is 1. The fraction of sp³-hybridized carbons (Fsp3) is 0.294. The number of aryl methyl sites for hydroxylation is 1. The van der Waals surface area contributed by atoms with Crippen molar-refractivity contribution in [3.63, 3.8) is 0 Å². The van der Waals surface area contributed by atoms with Crippen LogP contribution in [-0.4, -0.2) is 5.11 Å². The molecule has 1 nitrogen and oxygen atoms in total. The third-order valence-corrected chi connectivity index (χ3v) is 5.67. The zero-order valence-corrected chi connectivity index (χ0v) is 13.1. The topological polar surface area (TPSA) is 20.2 Å². The van der Waals surface area contributed by atoms with Gasteiger partial charge in [-0.3, -0.25) is 0 Å². The van der Waals surface area contributed by atoms with Gasteiger partial charge < -0.3 is 5.11 Å². The van der Waals surface area contributed by atoms with E-state index in [2.05, 4.69) is 13.8 Å². The molecule has 0 saturated carbocycles. The molecule has 0 saturated heterocycles. The highest BCUT2D eigenvalue weighted by atomic mass is 31.1. The normalized spacial score (nSPS) is 14.6. The molecule has 0 spiro atoms. The first-order valence-electron chi connectivity index (χ1n) is 6.79. The van der Waals surface area contributed by atoms with Gasteiger partial charge in [0.1, 0.15) is 11.6 Å². The van der Waals surface area contributed by atoms with Crippen molar-refractivity contribution in [2.45, 2.75) is 32.3 Å². The van der Waals surface area contributed by atoms with Gasteiger partial charge in [-0.1, -0.05) is 58.8 Å². The maximum atomic E-state index is 13.9. The summed E-state index contributed by atoms with van der Waals surface area (Å²) in [7, 11) is 0.283. The van der Waals surface area contributed by atoms with E-state index < -0.39 is 0 Å². The second kappa shape index (κ2) is 5.93. The molecule has 20 heavy (non-hydrogen) atoms. The van der Waals surface area contributed by atoms with Crippen LogP contribution in [0.25, 0.3) is 0 Å². The minimum Gasteiger partial charge on any atom is -0.507 e. The molecule has 3 heteroatoms. The van der Waals surface area contributed by atoms with Crippen LogP contribution in [0.2, 0.25) is 0 Å². The van der Waals surface area contributed by atoms with E-state index in [4.69, 9.17) is 0 Å². The molecule has 2 unspecified atom stereocenters. The second-order valence-electron chi connectivity index (χ2n) is 5.26. The first-order valence-corrected chi connectivity index (χ1v) is 7.79. The summed E-state index contributed by atoms with van der Waals surface area (Å²) in [6.45, 7) is 6.06. The lowest BCUT2D eigenvalue weighted by molar-refractivity contribution is 0.452. The fourth-order valence-electron chi connectivity index (χ4n) is 2.31. The monoisotopic (exact) mass is 290 g/mol. The zero-order chi connectivity index (χ0) is 14.8. The van der Waals surface area contributed by atoms with Crippen molar-refractivity contribution < 1.29 is 9.50 Å². The van der Waals surface area contributed by atoms with Gasteiger partial charge in [-0.15, -0.1) is 0 Å². The molecule has 2 aromatic rings. The summed E-state index contributed by atoms with van der Waals surface area (Å²) < 4.78 is 13.9. The SMILES string of the molecule is CCC(C)(Pc1ccccc1F)c1cccc(C)c1O. The second-order valence-corrected chi connectivity index (χ2v) is 7.15. The van der Waals surface area contributed by atoms with Crippen molar-refractivity contribution in [2.24, 2.45) is 0 Å². The summed E-state index contributed by atoms with van der Waals surface area (Å²) in [5.74, 6) is 0.165. The first kappa shape index (κ1) is 15.0. The number of phenols is 1. The Labute approximate surface area is 121 Å². The van der Waals surface area contributed by atoms with Crippen molar-refractivity contribution in [3.8, 4) is 5.75 Å². The van der Waals surface area contributed by atoms with Gasteiger partial charge in [-0.25, -0.2) is 4.39 Å². The van der Waals surface area contributed by atoms with Crippen molar-refractivity contribution in [2.75, 3.05) is 0 Å². The molecule has 0 aliphatic rings. The molecule has 106 valence electrons. The summed E-state index contributed by atoms with van der Waals surface area (Å²) in [5.41, 5.74) is 1.77. The van der Waals surface area contributed by atoms with E-state index in [9.17, 15) is 9.50 Å². The molecule has 0 aromatic heterocycles. The molecule has 2 aromatic carbocycles. The number of hydrogen-bond acceptors (Lipinski definition) is 1. The molecule has 1 N–H and O–H groups in total. The molecule has 2 rings (SSSR count). The van der Waals surface area contributed by atoms with Gasteiger partial charge in [0.15, 0.2) is 0 Å². The maximum Gasteiger partial charge on any atom is 0.130 e. The molecular weight excluding hydrogens is 270 g/mol. The largest absolute Gasteiger partial charge is 0.507 e. The number of aromatic hydroxyl groups is 1. The smallest absolute Gasteiger partial charge is 0.130 e. The lowest BCUT2D eigenvalue weighted by atomic mass is 9.94. The molecule has 0 bridgehead atoms. The number of rotatable bonds is 4. The van der Waals surface area contributed by atoms with E-state index in [-0.39, 0.29) is 19.6 Å². The number of phenolic OH excluding ortho intramolecular Hbond substituents is 1. The molecular formula is C17H20FOP. The standard InChI is InChI=1S/C17H20FOP/c1-4-17(3,13-9-7-8-12(2)16(13)19)20-15-11-6-5-10-14(15)18/h5-11,19-20H,4H2,1-3H3. The fourth-order valence-corrected chi connectivity index (χ4v) is 3.80. The van der Waals surface area contributed by atoms with Crippen LogP contribution in [0, 0.1) is 12.7 Å². The summed E-state index contributed by atoms with van der Waals surface area (Å²) in [6, 6.07) is 12.7. The van der Waals surface area contributed by atoms with Crippen LogP contribution in [0.5, 0.6) is 5.75 Å². The summed E-state index contributed by atoms with van der Waals surface area (Å²) in [4.78, 5) is 0. The van der Waals surface area contributed by atoms with Gasteiger partial charge in [-0.05, 0) is 25.0 Å². The summed E-state index contributed by atoms with van der Waals surface area (Å²) in [5, 5.41) is 10.8. The summed E-state index contributed by atoms with van der Waals surface area (Å²) in [6.07, 6.45) is 0.844. The van der Waals surface area contributed by atoms with Crippen molar-refractivity contribution >= 4 is 13.9 Å². The van der Waals surface area contributed by atoms with Gasteiger partial charge in [0.2, 0.25) is 0 Å². The maximum absolute atomic E-state index is 13.9. The molecule has 0 radical (unpaired) electrons. The van der Waals surface area contributed by atoms with Crippen LogP contribution in [-0.2, 0) is 5.16 Å². The van der Waals surface area contributed by atoms with E-state index >= 15 is 0 Å². The predicted molar refractivity (Wildman–Crippen MR) is 84.8 cm³/mol. The molecule has 2 atom stereocenters. The van der Waals surface area contributed by atoms with Crippen LogP contribution in [0.1, 0.15) is 31.4 Å². The van der Waals surface area contributed by atoms with Gasteiger partial charge in [0.05, 0.1) is 0 Å². The van der Waals surface area contributed by atoms with Crippen LogP contribution in [0.15, 0.2) is 42.5 Å². The zero-order valence-electron chi connectivity index (χ0n) is 12.1. The van der Waals surface area contributed by atoms with Gasteiger partial charge in [-0.2, -0.15) is 0 Å². The van der Waals surface area contributed by atoms with Crippen molar-refractivity contribution in [1.29, 1.82) is 0 Å². The number of para-hydroxylation sites is 1. The Kier molecular flexibility index (Phi) is 4.45. The predicted octanol–water partition coefficient (Wildman–Crippen LogP) is 4.47. The van der Waals surface area contributed by atoms with E-state index in [1.54, 1.807) is 6.07 Å². The highest BCUT2D eigenvalue weighted by molar-refractivity contribution is 7.48. The van der Waals surface area contributed by atoms with Gasteiger partial charge >= 0.3 is 0 Å². The van der Waals surface area contributed by atoms with E-state index in [0.717, 1.165) is 22.9 Å². The molecule has 0 amide bonds. The van der Waals surface area contributed by atoms with Crippen LogP contribution < -0.4 is 5.30 Å². The van der Waals surface area contributed by atoms with Crippen molar-refractivity contribution in [3.05, 3.63) is 59.4 Å². The Balaban J connectivity index is 2.44. The van der Waals surface area contributed by atoms with Crippen LogP contribution in [0.3, 0.4) is 0 Å². The summed E-state index contributed by atoms with van der Waals surface area (Å²) >= 11 is 0. The van der Waals surface area contributed by atoms with Gasteiger partial charge in [0, 0.05) is 16.0 Å². The third-order valence-electron chi connectivity index (χ3n) is 3.82. The van der Waals surface area contributed by atoms with Crippen molar-refractivity contribution in [1.82, 2.24) is 0 Å². The molecule has 0 aliphatic heterocycles. The lowest BCUT2D eigenvalue weighted by Gasteiger charge is -2.30. The third kappa shape index (κ3) is 2.86. The average molecular weight is 290 g/mol. The highest BCUT2D eigenvalue weighted by Gasteiger charge is 2.29. The van der Waals surface area contributed by atoms with E-state index in [0.29, 0.717) is 5.75 Å². The molecule has 0 aliphatic carbocycles. The minimum absolute atomic E-state index is 0.169. The lowest BCUT2D eigenvalue weighted by Crippen LogP contribution is -2.20. The van der Waals surface area contributed by atoms with Crippen LogP contribution >= 0.6 is 8.58 Å². The minimum atomic E-state index is -0.252. The van der Waals surface area contributed by atoms with E-state index in [1.165, 1.54) is 6.07 Å². The Hall–Kier alpha value is -1.40. The quantitative estimate of drug-likeness (QED) is 0.824. The Morgan fingerprint density at radius 1 is 1.15 bits per heavy atom. The first-order chi connectivity index (χ1) is 9.48. The Morgan fingerprint density at radius 3 is 2.50 bits per heavy atom. The van der Waals surface area contributed by atoms with Gasteiger partial charge in [0.25, 0.3) is 0 Å². The average Bonchev–Trinajstić information content (AvgIpc) is 2.44. The van der Waals surface area contributed by atoms with E-state index in [1.807, 2.05) is 37.3 Å². The van der Waals surface area contributed by atoms with Crippen LogP contribution in [0.4, 0.5) is 4.39 Å². The number of halogens is 1. The molecule has 0 fully saturated rings. The number of benzene rings is 2.